The maximum Gasteiger partial charge on any atom is 0.286 e. The average molecular weight is 657 g/mol. The molecular weight excluding hydrogens is 618 g/mol. The van der Waals surface area contributed by atoms with Gasteiger partial charge in [-0.3, -0.25) is 23.0 Å². The second-order valence-corrected chi connectivity index (χ2v) is 17.1. The molecule has 0 radical (unpaired) electrons. The SMILES string of the molecule is CC(C)(C(=O)CN)S(O)(O)c1ccc(F)cc1.CC(C)(C)c1cc(-c2nnc(C(C)(C)S(O)(O)c3ccc(F)cc3)o2)on1. The van der Waals surface area contributed by atoms with E-state index in [1.165, 1.54) is 50.2 Å². The minimum absolute atomic E-state index is 0.0236. The Morgan fingerprint density at radius 3 is 1.73 bits per heavy atom. The van der Waals surface area contributed by atoms with Crippen molar-refractivity contribution in [3.63, 3.8) is 0 Å². The fourth-order valence-corrected chi connectivity index (χ4v) is 6.60. The summed E-state index contributed by atoms with van der Waals surface area (Å²) in [4.78, 5) is 11.9. The average Bonchev–Trinajstić information content (AvgIpc) is 3.64. The molecule has 0 aliphatic rings. The zero-order valence-corrected chi connectivity index (χ0v) is 27.0. The van der Waals surface area contributed by atoms with Crippen LogP contribution < -0.4 is 5.73 Å². The molecule has 15 heteroatoms. The topological polar surface area (TPSA) is 189 Å². The van der Waals surface area contributed by atoms with Crippen molar-refractivity contribution < 1.29 is 40.7 Å². The summed E-state index contributed by atoms with van der Waals surface area (Å²) < 4.78 is 76.1. The van der Waals surface area contributed by atoms with Crippen LogP contribution in [0, 0.1) is 11.6 Å². The molecule has 0 aliphatic carbocycles. The number of carbonyl (C=O) groups excluding carboxylic acids is 1. The first-order valence-electron chi connectivity index (χ1n) is 13.3. The van der Waals surface area contributed by atoms with Crippen molar-refractivity contribution in [2.45, 2.75) is 73.2 Å². The van der Waals surface area contributed by atoms with Gasteiger partial charge in [0, 0.05) is 11.5 Å². The van der Waals surface area contributed by atoms with Crippen molar-refractivity contribution in [2.75, 3.05) is 6.54 Å². The number of nitrogens with two attached hydrogens (primary N) is 1. The summed E-state index contributed by atoms with van der Waals surface area (Å²) in [5, 5.41) is 11.9. The molecule has 2 aromatic carbocycles. The van der Waals surface area contributed by atoms with Gasteiger partial charge < -0.3 is 14.7 Å². The van der Waals surface area contributed by atoms with E-state index in [4.69, 9.17) is 14.7 Å². The Labute approximate surface area is 257 Å². The van der Waals surface area contributed by atoms with E-state index in [0.717, 1.165) is 17.8 Å². The minimum Gasteiger partial charge on any atom is -0.416 e. The highest BCUT2D eigenvalue weighted by Crippen LogP contribution is 2.63. The van der Waals surface area contributed by atoms with Crippen LogP contribution in [0.3, 0.4) is 0 Å². The molecule has 0 atom stereocenters. The van der Waals surface area contributed by atoms with Crippen molar-refractivity contribution in [1.29, 1.82) is 0 Å². The highest BCUT2D eigenvalue weighted by Gasteiger charge is 2.43. The summed E-state index contributed by atoms with van der Waals surface area (Å²) in [6.45, 7) is 11.7. The van der Waals surface area contributed by atoms with E-state index >= 15 is 0 Å². The van der Waals surface area contributed by atoms with Crippen molar-refractivity contribution >= 4 is 27.0 Å². The second-order valence-electron chi connectivity index (χ2n) is 11.9. The smallest absolute Gasteiger partial charge is 0.286 e. The van der Waals surface area contributed by atoms with E-state index in [1.54, 1.807) is 19.9 Å². The van der Waals surface area contributed by atoms with Crippen molar-refractivity contribution in [2.24, 2.45) is 5.73 Å². The zero-order valence-electron chi connectivity index (χ0n) is 25.4. The van der Waals surface area contributed by atoms with Gasteiger partial charge in [0.15, 0.2) is 5.78 Å². The highest BCUT2D eigenvalue weighted by atomic mass is 32.3. The van der Waals surface area contributed by atoms with Gasteiger partial charge in [0.2, 0.25) is 11.7 Å². The first kappa shape index (κ1) is 35.3. The maximum absolute atomic E-state index is 13.2. The van der Waals surface area contributed by atoms with Crippen molar-refractivity contribution in [1.82, 2.24) is 15.4 Å². The quantitative estimate of drug-likeness (QED) is 0.127. The summed E-state index contributed by atoms with van der Waals surface area (Å²) in [6.07, 6.45) is 0. The summed E-state index contributed by atoms with van der Waals surface area (Å²) in [6, 6.07) is 11.5. The van der Waals surface area contributed by atoms with E-state index < -0.39 is 48.1 Å². The molecule has 44 heavy (non-hydrogen) atoms. The van der Waals surface area contributed by atoms with E-state index in [2.05, 4.69) is 15.4 Å². The van der Waals surface area contributed by atoms with Crippen LogP contribution in [0.25, 0.3) is 11.7 Å². The standard InChI is InChI=1S/C18H22FN3O4S.C11H16FNO3S/c1-17(2,3)14-10-13(26-22-14)15-20-21-16(25-15)18(4,5)27(23,24)12-8-6-11(19)7-9-12;1-11(2,10(14)7-13)17(15,16)9-5-3-8(12)4-6-9/h6-10,23-24H,1-5H3;3-6,15-16H,7,13H2,1-2H3. The van der Waals surface area contributed by atoms with Gasteiger partial charge in [0.05, 0.1) is 22.0 Å². The fraction of sp³-hybridized carbons (Fsp3) is 0.379. The monoisotopic (exact) mass is 656 g/mol. The minimum atomic E-state index is -3.40. The van der Waals surface area contributed by atoms with Crippen LogP contribution in [0.15, 0.2) is 73.3 Å². The van der Waals surface area contributed by atoms with Crippen LogP contribution in [-0.4, -0.2) is 50.6 Å². The largest absolute Gasteiger partial charge is 0.416 e. The third kappa shape index (κ3) is 7.04. The lowest BCUT2D eigenvalue weighted by Gasteiger charge is -2.45. The van der Waals surface area contributed by atoms with Gasteiger partial charge in [-0.2, -0.15) is 21.2 Å². The first-order chi connectivity index (χ1) is 20.2. The maximum atomic E-state index is 13.2. The number of halogens is 2. The van der Waals surface area contributed by atoms with Crippen LogP contribution in [0.4, 0.5) is 8.78 Å². The molecule has 4 aromatic rings. The molecule has 2 aromatic heterocycles. The number of ketones is 1. The normalized spacial score (nSPS) is 13.7. The number of hydrogen-bond acceptors (Lipinski definition) is 11. The predicted octanol–water partition coefficient (Wildman–Crippen LogP) is 7.45. The zero-order chi connectivity index (χ0) is 33.3. The number of Topliss-reactive ketones (excluding diaryl/α,β-unsaturated/α-hetero) is 1. The van der Waals surface area contributed by atoms with Crippen molar-refractivity contribution in [3.8, 4) is 11.7 Å². The Morgan fingerprint density at radius 1 is 0.818 bits per heavy atom. The Kier molecular flexibility index (Phi) is 10.2. The Hall–Kier alpha value is -3.18. The number of aromatic nitrogens is 3. The van der Waals surface area contributed by atoms with Gasteiger partial charge >= 0.3 is 0 Å². The molecule has 2 heterocycles. The van der Waals surface area contributed by atoms with Gasteiger partial charge in [-0.05, 0) is 76.2 Å². The van der Waals surface area contributed by atoms with Gasteiger partial charge in [0.1, 0.15) is 21.1 Å². The molecule has 6 N–H and O–H groups in total. The molecule has 0 spiro atoms. The molecule has 0 fully saturated rings. The Bertz CT molecular complexity index is 1580. The number of benzene rings is 2. The second kappa shape index (κ2) is 12.7. The van der Waals surface area contributed by atoms with E-state index in [9.17, 15) is 31.8 Å². The third-order valence-electron chi connectivity index (χ3n) is 6.99. The molecule has 0 amide bonds. The first-order valence-corrected chi connectivity index (χ1v) is 16.4. The molecule has 0 aliphatic heterocycles. The van der Waals surface area contributed by atoms with E-state index in [-0.39, 0.29) is 33.5 Å². The lowest BCUT2D eigenvalue weighted by atomic mass is 9.92. The number of hydrogen-bond donors (Lipinski definition) is 5. The van der Waals surface area contributed by atoms with Crippen molar-refractivity contribution in [3.05, 3.63) is 77.8 Å². The van der Waals surface area contributed by atoms with Gasteiger partial charge in [-0.1, -0.05) is 25.9 Å². The van der Waals surface area contributed by atoms with Crippen LogP contribution in [-0.2, 0) is 15.0 Å². The van der Waals surface area contributed by atoms with E-state index in [0.29, 0.717) is 5.76 Å². The molecule has 0 saturated heterocycles. The lowest BCUT2D eigenvalue weighted by Crippen LogP contribution is -2.41. The molecule has 0 bridgehead atoms. The molecule has 242 valence electrons. The van der Waals surface area contributed by atoms with E-state index in [1.807, 2.05) is 20.8 Å². The van der Waals surface area contributed by atoms with Crippen LogP contribution >= 0.6 is 21.2 Å². The fourth-order valence-electron chi connectivity index (χ4n) is 3.66. The number of rotatable bonds is 8. The molecular formula is C29H38F2N4O7S2. The Balaban J connectivity index is 0.000000269. The highest BCUT2D eigenvalue weighted by molar-refractivity contribution is 8.26. The molecule has 0 saturated carbocycles. The summed E-state index contributed by atoms with van der Waals surface area (Å²) >= 11 is 0. The molecule has 0 unspecified atom stereocenters. The summed E-state index contributed by atoms with van der Waals surface area (Å²) in [7, 11) is -6.77. The van der Waals surface area contributed by atoms with Crippen LogP contribution in [0.1, 0.15) is 60.1 Å². The third-order valence-corrected chi connectivity index (χ3v) is 12.1. The van der Waals surface area contributed by atoms with Crippen LogP contribution in [0.2, 0.25) is 0 Å². The molecule has 11 nitrogen and oxygen atoms in total. The van der Waals surface area contributed by atoms with Crippen LogP contribution in [0.5, 0.6) is 0 Å². The van der Waals surface area contributed by atoms with Gasteiger partial charge in [-0.25, -0.2) is 8.78 Å². The van der Waals surface area contributed by atoms with Gasteiger partial charge in [0.25, 0.3) is 5.89 Å². The lowest BCUT2D eigenvalue weighted by molar-refractivity contribution is -0.119. The Morgan fingerprint density at radius 2 is 1.30 bits per heavy atom. The number of carbonyl (C=O) groups is 1. The molecule has 4 rings (SSSR count). The van der Waals surface area contributed by atoms with Gasteiger partial charge in [-0.15, -0.1) is 10.2 Å². The predicted molar refractivity (Wildman–Crippen MR) is 165 cm³/mol. The summed E-state index contributed by atoms with van der Waals surface area (Å²) in [5.74, 6) is -0.987. The summed E-state index contributed by atoms with van der Waals surface area (Å²) in [5.41, 5.74) is 5.76. The number of nitrogens with zero attached hydrogens (tertiary/aromatic N) is 3.